The zero-order chi connectivity index (χ0) is 14.7. The second kappa shape index (κ2) is 6.33. The summed E-state index contributed by atoms with van der Waals surface area (Å²) in [5.74, 6) is 0.743. The molecule has 3 rings (SSSR count). The van der Waals surface area contributed by atoms with Crippen molar-refractivity contribution in [1.82, 2.24) is 9.80 Å². The van der Waals surface area contributed by atoms with Gasteiger partial charge in [0.2, 0.25) is 11.8 Å². The van der Waals surface area contributed by atoms with Crippen molar-refractivity contribution in [3.05, 3.63) is 24.2 Å². The molecule has 0 aromatic carbocycles. The van der Waals surface area contributed by atoms with Crippen LogP contribution in [0.4, 0.5) is 0 Å². The zero-order valence-corrected chi connectivity index (χ0v) is 12.3. The summed E-state index contributed by atoms with van der Waals surface area (Å²) >= 11 is 0. The Kier molecular flexibility index (Phi) is 4.27. The molecule has 0 N–H and O–H groups in total. The van der Waals surface area contributed by atoms with E-state index >= 15 is 0 Å². The largest absolute Gasteiger partial charge is 0.472 e. The van der Waals surface area contributed by atoms with Crippen LogP contribution in [-0.4, -0.2) is 47.8 Å². The Morgan fingerprint density at radius 2 is 1.90 bits per heavy atom. The van der Waals surface area contributed by atoms with E-state index in [1.807, 2.05) is 15.9 Å². The normalized spacial score (nSPS) is 19.4. The van der Waals surface area contributed by atoms with Crippen molar-refractivity contribution in [2.24, 2.45) is 5.92 Å². The topological polar surface area (TPSA) is 53.8 Å². The van der Waals surface area contributed by atoms with Gasteiger partial charge in [0.05, 0.1) is 12.5 Å². The van der Waals surface area contributed by atoms with Crippen molar-refractivity contribution in [3.63, 3.8) is 0 Å². The van der Waals surface area contributed by atoms with E-state index in [0.717, 1.165) is 44.3 Å². The maximum atomic E-state index is 12.3. The van der Waals surface area contributed by atoms with E-state index in [1.54, 1.807) is 12.5 Å². The quantitative estimate of drug-likeness (QED) is 0.848. The van der Waals surface area contributed by atoms with E-state index in [4.69, 9.17) is 4.42 Å². The van der Waals surface area contributed by atoms with E-state index < -0.39 is 0 Å². The highest BCUT2D eigenvalue weighted by Gasteiger charge is 2.34. The zero-order valence-electron chi connectivity index (χ0n) is 12.3. The maximum absolute atomic E-state index is 12.3. The van der Waals surface area contributed by atoms with Gasteiger partial charge in [-0.15, -0.1) is 0 Å². The van der Waals surface area contributed by atoms with Gasteiger partial charge in [-0.2, -0.15) is 0 Å². The van der Waals surface area contributed by atoms with Crippen molar-refractivity contribution in [2.45, 2.75) is 32.1 Å². The minimum atomic E-state index is 0.178. The first-order valence-electron chi connectivity index (χ1n) is 7.81. The minimum Gasteiger partial charge on any atom is -0.472 e. The molecule has 2 aliphatic rings. The van der Waals surface area contributed by atoms with E-state index in [9.17, 15) is 9.59 Å². The predicted molar refractivity (Wildman–Crippen MR) is 77.5 cm³/mol. The Bertz CT molecular complexity index is 494. The molecular weight excluding hydrogens is 268 g/mol. The monoisotopic (exact) mass is 290 g/mol. The molecule has 0 bridgehead atoms. The minimum absolute atomic E-state index is 0.178. The lowest BCUT2D eigenvalue weighted by molar-refractivity contribution is -0.134. The molecule has 0 spiro atoms. The molecule has 1 aromatic rings. The number of aryl methyl sites for hydroxylation is 1. The Labute approximate surface area is 124 Å². The standard InChI is InChI=1S/C16H22N2O3/c19-15(5-2-13-6-11-21-12-13)17-7-1-8-18(10-9-17)16(20)14-3-4-14/h6,11-12,14H,1-5,7-10H2. The number of amides is 2. The van der Waals surface area contributed by atoms with Crippen molar-refractivity contribution >= 4 is 11.8 Å². The first-order valence-corrected chi connectivity index (χ1v) is 7.81. The molecule has 2 fully saturated rings. The molecule has 114 valence electrons. The van der Waals surface area contributed by atoms with Gasteiger partial charge in [-0.05, 0) is 37.3 Å². The highest BCUT2D eigenvalue weighted by molar-refractivity contribution is 5.81. The summed E-state index contributed by atoms with van der Waals surface area (Å²) in [5, 5.41) is 0. The van der Waals surface area contributed by atoms with Gasteiger partial charge in [0.1, 0.15) is 0 Å². The molecular formula is C16H22N2O3. The third-order valence-electron chi connectivity index (χ3n) is 4.29. The summed E-state index contributed by atoms with van der Waals surface area (Å²) in [6.07, 6.45) is 7.52. The number of furan rings is 1. The van der Waals surface area contributed by atoms with E-state index in [2.05, 4.69) is 0 Å². The van der Waals surface area contributed by atoms with Crippen LogP contribution in [0.2, 0.25) is 0 Å². The van der Waals surface area contributed by atoms with Crippen LogP contribution < -0.4 is 0 Å². The molecule has 1 aliphatic carbocycles. The van der Waals surface area contributed by atoms with Crippen LogP contribution in [0.5, 0.6) is 0 Å². The first kappa shape index (κ1) is 14.2. The van der Waals surface area contributed by atoms with Crippen molar-refractivity contribution in [2.75, 3.05) is 26.2 Å². The highest BCUT2D eigenvalue weighted by Crippen LogP contribution is 2.31. The van der Waals surface area contributed by atoms with Crippen LogP contribution in [0.25, 0.3) is 0 Å². The molecule has 5 nitrogen and oxygen atoms in total. The molecule has 1 saturated heterocycles. The van der Waals surface area contributed by atoms with E-state index in [-0.39, 0.29) is 11.8 Å². The highest BCUT2D eigenvalue weighted by atomic mass is 16.3. The van der Waals surface area contributed by atoms with Crippen LogP contribution in [0, 0.1) is 5.92 Å². The van der Waals surface area contributed by atoms with Gasteiger partial charge in [0.15, 0.2) is 0 Å². The fourth-order valence-electron chi connectivity index (χ4n) is 2.82. The fraction of sp³-hybridized carbons (Fsp3) is 0.625. The van der Waals surface area contributed by atoms with Crippen molar-refractivity contribution < 1.29 is 14.0 Å². The van der Waals surface area contributed by atoms with E-state index in [1.165, 1.54) is 0 Å². The summed E-state index contributed by atoms with van der Waals surface area (Å²) < 4.78 is 5.01. The first-order chi connectivity index (χ1) is 10.2. The molecule has 1 aromatic heterocycles. The number of hydrogen-bond acceptors (Lipinski definition) is 3. The maximum Gasteiger partial charge on any atom is 0.225 e. The molecule has 2 heterocycles. The van der Waals surface area contributed by atoms with Crippen LogP contribution in [0.3, 0.4) is 0 Å². The number of hydrogen-bond donors (Lipinski definition) is 0. The molecule has 21 heavy (non-hydrogen) atoms. The molecule has 1 aliphatic heterocycles. The molecule has 2 amide bonds. The summed E-state index contributed by atoms with van der Waals surface area (Å²) in [7, 11) is 0. The SMILES string of the molecule is O=C(CCc1ccoc1)N1CCCN(C(=O)C2CC2)CC1. The van der Waals surface area contributed by atoms with Gasteiger partial charge in [0.25, 0.3) is 0 Å². The van der Waals surface area contributed by atoms with Crippen molar-refractivity contribution in [1.29, 1.82) is 0 Å². The average molecular weight is 290 g/mol. The average Bonchev–Trinajstić information content (AvgIpc) is 3.26. The number of rotatable bonds is 4. The third kappa shape index (κ3) is 3.65. The summed E-state index contributed by atoms with van der Waals surface area (Å²) in [5.41, 5.74) is 1.06. The van der Waals surface area contributed by atoms with Gasteiger partial charge in [-0.25, -0.2) is 0 Å². The second-order valence-corrected chi connectivity index (χ2v) is 5.97. The van der Waals surface area contributed by atoms with Crippen molar-refractivity contribution in [3.8, 4) is 0 Å². The lowest BCUT2D eigenvalue weighted by atomic mass is 10.2. The Morgan fingerprint density at radius 3 is 2.62 bits per heavy atom. The molecule has 1 saturated carbocycles. The summed E-state index contributed by atoms with van der Waals surface area (Å²) in [4.78, 5) is 28.2. The predicted octanol–water partition coefficient (Wildman–Crippen LogP) is 1.68. The molecule has 0 atom stereocenters. The molecule has 0 radical (unpaired) electrons. The third-order valence-corrected chi connectivity index (χ3v) is 4.29. The fourth-order valence-corrected chi connectivity index (χ4v) is 2.82. The lowest BCUT2D eigenvalue weighted by Gasteiger charge is -2.22. The van der Waals surface area contributed by atoms with Crippen LogP contribution in [0.15, 0.2) is 23.0 Å². The van der Waals surface area contributed by atoms with Crippen LogP contribution >= 0.6 is 0 Å². The van der Waals surface area contributed by atoms with Gasteiger partial charge in [0, 0.05) is 38.5 Å². The van der Waals surface area contributed by atoms with Crippen LogP contribution in [-0.2, 0) is 16.0 Å². The number of carbonyl (C=O) groups excluding carboxylic acids is 2. The number of carbonyl (C=O) groups is 2. The van der Waals surface area contributed by atoms with Gasteiger partial charge in [-0.3, -0.25) is 9.59 Å². The molecule has 5 heteroatoms. The van der Waals surface area contributed by atoms with Gasteiger partial charge < -0.3 is 14.2 Å². The Balaban J connectivity index is 1.47. The number of nitrogens with zero attached hydrogens (tertiary/aromatic N) is 2. The Hall–Kier alpha value is -1.78. The smallest absolute Gasteiger partial charge is 0.225 e. The van der Waals surface area contributed by atoms with E-state index in [0.29, 0.717) is 25.4 Å². The summed E-state index contributed by atoms with van der Waals surface area (Å²) in [6.45, 7) is 2.91. The van der Waals surface area contributed by atoms with Crippen LogP contribution in [0.1, 0.15) is 31.2 Å². The summed E-state index contributed by atoms with van der Waals surface area (Å²) in [6, 6.07) is 1.89. The Morgan fingerprint density at radius 1 is 1.14 bits per heavy atom. The molecule has 0 unspecified atom stereocenters. The second-order valence-electron chi connectivity index (χ2n) is 5.97. The van der Waals surface area contributed by atoms with Gasteiger partial charge in [-0.1, -0.05) is 0 Å². The lowest BCUT2D eigenvalue weighted by Crippen LogP contribution is -2.38. The van der Waals surface area contributed by atoms with Gasteiger partial charge >= 0.3 is 0 Å².